The van der Waals surface area contributed by atoms with Crippen LogP contribution in [0.15, 0.2) is 164 Å². The van der Waals surface area contributed by atoms with Crippen LogP contribution >= 0.6 is 0 Å². The molecule has 13 rings (SSSR count). The minimum atomic E-state index is -0.468. The van der Waals surface area contributed by atoms with Crippen molar-refractivity contribution in [2.24, 2.45) is 0 Å². The van der Waals surface area contributed by atoms with Crippen molar-refractivity contribution in [2.45, 2.75) is 57.8 Å². The van der Waals surface area contributed by atoms with E-state index >= 15 is 0 Å². The lowest BCUT2D eigenvalue weighted by atomic mass is 9.42. The van der Waals surface area contributed by atoms with E-state index in [9.17, 15) is 0 Å². The van der Waals surface area contributed by atoms with E-state index in [4.69, 9.17) is 0 Å². The second-order valence-corrected chi connectivity index (χ2v) is 18.3. The van der Waals surface area contributed by atoms with Gasteiger partial charge in [-0.2, -0.15) is 0 Å². The number of hydrogen-bond donors (Lipinski definition) is 0. The van der Waals surface area contributed by atoms with E-state index in [2.05, 4.69) is 201 Å². The van der Waals surface area contributed by atoms with Crippen LogP contribution in [-0.2, 0) is 17.3 Å². The average molecular weight is 769 g/mol. The monoisotopic (exact) mass is 768 g/mol. The molecular weight excluding hydrogens is 723 g/mol. The molecule has 8 aromatic rings. The average Bonchev–Trinajstić information content (AvgIpc) is 3.71. The smallest absolute Gasteiger partial charge is 0.333 e. The van der Waals surface area contributed by atoms with Gasteiger partial charge in [0.05, 0.1) is 11.1 Å². The summed E-state index contributed by atoms with van der Waals surface area (Å²) in [5, 5.41) is 0. The molecule has 0 aromatic heterocycles. The quantitative estimate of drug-likeness (QED) is 0.165. The van der Waals surface area contributed by atoms with E-state index in [0.29, 0.717) is 0 Å². The Morgan fingerprint density at radius 3 is 1.88 bits per heavy atom. The molecule has 0 unspecified atom stereocenters. The zero-order valence-corrected chi connectivity index (χ0v) is 34.7. The zero-order chi connectivity index (χ0) is 40.1. The number of unbranched alkanes of at least 4 members (excludes halogenated alkanes) is 1. The topological polar surface area (TPSA) is 6.48 Å². The summed E-state index contributed by atoms with van der Waals surface area (Å²) in [6.45, 7) is 9.43. The van der Waals surface area contributed by atoms with E-state index in [0.717, 1.165) is 6.42 Å². The van der Waals surface area contributed by atoms with Gasteiger partial charge in [0.25, 0.3) is 0 Å². The van der Waals surface area contributed by atoms with E-state index in [1.807, 2.05) is 0 Å². The molecule has 0 radical (unpaired) electrons. The third-order valence-electron chi connectivity index (χ3n) is 14.8. The Hall–Kier alpha value is -6.58. The largest absolute Gasteiger partial charge is 0.376 e. The van der Waals surface area contributed by atoms with Gasteiger partial charge in [-0.1, -0.05) is 161 Å². The van der Waals surface area contributed by atoms with Crippen molar-refractivity contribution in [1.29, 1.82) is 0 Å². The van der Waals surface area contributed by atoms with Gasteiger partial charge in [-0.15, -0.1) is 0 Å². The minimum Gasteiger partial charge on any atom is -0.376 e. The fourth-order valence-electron chi connectivity index (χ4n) is 12.5. The van der Waals surface area contributed by atoms with Crippen LogP contribution in [0.3, 0.4) is 0 Å². The maximum atomic E-state index is 2.72. The Kier molecular flexibility index (Phi) is 6.87. The van der Waals surface area contributed by atoms with Crippen LogP contribution in [0, 0.1) is 6.92 Å². The summed E-state index contributed by atoms with van der Waals surface area (Å²) in [6, 6.07) is 63.4. The summed E-state index contributed by atoms with van der Waals surface area (Å²) >= 11 is 0. The summed E-state index contributed by atoms with van der Waals surface area (Å²) in [7, 11) is 0. The highest BCUT2D eigenvalue weighted by molar-refractivity contribution is 6.93. The molecule has 3 aliphatic heterocycles. The summed E-state index contributed by atoms with van der Waals surface area (Å²) < 4.78 is 0. The zero-order valence-electron chi connectivity index (χ0n) is 34.7. The highest BCUT2D eigenvalue weighted by Gasteiger charge is 2.56. The third kappa shape index (κ3) is 4.11. The Morgan fingerprint density at radius 2 is 1.17 bits per heavy atom. The van der Waals surface area contributed by atoms with Gasteiger partial charge >= 0.3 is 6.85 Å². The first-order valence-electron chi connectivity index (χ1n) is 22.0. The van der Waals surface area contributed by atoms with Crippen LogP contribution in [-0.4, -0.2) is 6.85 Å². The lowest BCUT2D eigenvalue weighted by Gasteiger charge is -2.52. The Bertz CT molecular complexity index is 3110. The van der Waals surface area contributed by atoms with Gasteiger partial charge in [-0.3, -0.25) is 0 Å². The fourth-order valence-corrected chi connectivity index (χ4v) is 12.5. The molecule has 0 amide bonds. The standard InChI is InChI=1S/C57H45BN2/c1-5-6-16-36-27-29-37(30-28-36)60-50-32-31-41-40-19-7-10-20-43(40)56(3,4)53(41)52(50)42-33-35(2)34-51-54(42)58(60)48-25-15-24-47-55(48)59(51)49-26-14-13-23-46(49)57(47)44-21-11-8-17-38(44)39-18-9-12-22-45(39)57/h7-15,17-34H,5-6,16H2,1-4H3. The van der Waals surface area contributed by atoms with E-state index in [-0.39, 0.29) is 12.3 Å². The molecule has 8 aromatic carbocycles. The molecule has 2 aliphatic carbocycles. The number of hydrogen-bond acceptors (Lipinski definition) is 2. The molecule has 286 valence electrons. The van der Waals surface area contributed by atoms with Gasteiger partial charge < -0.3 is 9.71 Å². The summed E-state index contributed by atoms with van der Waals surface area (Å²) in [6.07, 6.45) is 3.50. The van der Waals surface area contributed by atoms with Crippen LogP contribution in [0.25, 0.3) is 33.4 Å². The van der Waals surface area contributed by atoms with Crippen LogP contribution in [0.1, 0.15) is 78.1 Å². The Morgan fingerprint density at radius 1 is 0.533 bits per heavy atom. The van der Waals surface area contributed by atoms with Gasteiger partial charge in [-0.05, 0) is 133 Å². The predicted molar refractivity (Wildman–Crippen MR) is 252 cm³/mol. The molecule has 1 spiro atoms. The molecule has 0 N–H and O–H groups in total. The van der Waals surface area contributed by atoms with Gasteiger partial charge in [0.2, 0.25) is 0 Å². The lowest BCUT2D eigenvalue weighted by Crippen LogP contribution is -2.63. The summed E-state index contributed by atoms with van der Waals surface area (Å²) in [4.78, 5) is 5.38. The lowest BCUT2D eigenvalue weighted by molar-refractivity contribution is 0.662. The Labute approximate surface area is 353 Å². The number of para-hydroxylation sites is 2. The van der Waals surface area contributed by atoms with Crippen molar-refractivity contribution in [3.63, 3.8) is 0 Å². The number of anilines is 5. The molecular formula is C57H45BN2. The SMILES string of the molecule is CCCCc1ccc(N2B3c4cccc5c4N(c4ccccc4C54c5ccccc5-c5ccccc54)c4cc(C)cc(c43)-c3c2ccc2c3C(C)(C)c3ccccc3-2)cc1. The van der Waals surface area contributed by atoms with Crippen molar-refractivity contribution in [2.75, 3.05) is 9.71 Å². The molecule has 0 fully saturated rings. The van der Waals surface area contributed by atoms with E-state index in [1.165, 1.54) is 130 Å². The number of benzene rings is 8. The fraction of sp³-hybridized carbons (Fsp3) is 0.158. The number of aryl methyl sites for hydroxylation is 2. The van der Waals surface area contributed by atoms with Crippen LogP contribution in [0.2, 0.25) is 0 Å². The van der Waals surface area contributed by atoms with Gasteiger partial charge in [0.15, 0.2) is 0 Å². The highest BCUT2D eigenvalue weighted by Crippen LogP contribution is 2.64. The maximum Gasteiger partial charge on any atom is 0.333 e. The molecule has 60 heavy (non-hydrogen) atoms. The predicted octanol–water partition coefficient (Wildman–Crippen LogP) is 13.0. The highest BCUT2D eigenvalue weighted by atomic mass is 15.2. The third-order valence-corrected chi connectivity index (χ3v) is 14.8. The summed E-state index contributed by atoms with van der Waals surface area (Å²) in [5.41, 5.74) is 27.6. The normalized spacial score (nSPS) is 15.7. The molecule has 0 saturated heterocycles. The van der Waals surface area contributed by atoms with Crippen molar-refractivity contribution in [1.82, 2.24) is 0 Å². The van der Waals surface area contributed by atoms with Crippen LogP contribution in [0.5, 0.6) is 0 Å². The second kappa shape index (κ2) is 12.0. The van der Waals surface area contributed by atoms with Crippen molar-refractivity contribution in [3.8, 4) is 33.4 Å². The van der Waals surface area contributed by atoms with Crippen LogP contribution < -0.4 is 20.6 Å². The van der Waals surface area contributed by atoms with E-state index in [1.54, 1.807) is 0 Å². The molecule has 0 atom stereocenters. The molecule has 0 saturated carbocycles. The Balaban J connectivity index is 1.16. The first kappa shape index (κ1) is 34.3. The first-order chi connectivity index (χ1) is 29.4. The molecule has 3 heterocycles. The van der Waals surface area contributed by atoms with Gasteiger partial charge in [0.1, 0.15) is 0 Å². The minimum absolute atomic E-state index is 0.0464. The van der Waals surface area contributed by atoms with Crippen molar-refractivity contribution < 1.29 is 0 Å². The first-order valence-corrected chi connectivity index (χ1v) is 22.0. The molecule has 5 aliphatic rings. The van der Waals surface area contributed by atoms with Crippen LogP contribution in [0.4, 0.5) is 28.4 Å². The second-order valence-electron chi connectivity index (χ2n) is 18.3. The van der Waals surface area contributed by atoms with Gasteiger partial charge in [-0.25, -0.2) is 0 Å². The summed E-state index contributed by atoms with van der Waals surface area (Å²) in [5.74, 6) is 0. The van der Waals surface area contributed by atoms with Crippen molar-refractivity contribution in [3.05, 3.63) is 208 Å². The van der Waals surface area contributed by atoms with E-state index < -0.39 is 5.41 Å². The van der Waals surface area contributed by atoms with Crippen molar-refractivity contribution >= 4 is 46.2 Å². The number of fused-ring (bicyclic) bond motifs is 17. The number of rotatable bonds is 4. The maximum absolute atomic E-state index is 2.72. The molecule has 3 heteroatoms. The van der Waals surface area contributed by atoms with Gasteiger partial charge in [0, 0.05) is 33.7 Å². The molecule has 2 nitrogen and oxygen atoms in total. The molecule has 0 bridgehead atoms. The number of nitrogens with zero attached hydrogens (tertiary/aromatic N) is 2.